The zero-order valence-electron chi connectivity index (χ0n) is 17.5. The first-order valence-electron chi connectivity index (χ1n) is 9.58. The number of benzene rings is 2. The molecule has 1 atom stereocenters. The summed E-state index contributed by atoms with van der Waals surface area (Å²) in [6.07, 6.45) is 0.986. The fourth-order valence-corrected chi connectivity index (χ4v) is 4.39. The number of hydrogen-bond donors (Lipinski definition) is 1. The summed E-state index contributed by atoms with van der Waals surface area (Å²) >= 11 is 12.1. The number of carbonyl (C=O) groups excluding carboxylic acids is 2. The van der Waals surface area contributed by atoms with Crippen molar-refractivity contribution in [2.24, 2.45) is 0 Å². The van der Waals surface area contributed by atoms with Gasteiger partial charge in [0.25, 0.3) is 0 Å². The zero-order chi connectivity index (χ0) is 23.2. The Morgan fingerprint density at radius 3 is 2.29 bits per heavy atom. The Hall–Kier alpha value is -2.29. The molecule has 2 amide bonds. The van der Waals surface area contributed by atoms with Crippen LogP contribution in [0.3, 0.4) is 0 Å². The number of anilines is 1. The van der Waals surface area contributed by atoms with E-state index in [0.29, 0.717) is 11.6 Å². The van der Waals surface area contributed by atoms with Crippen LogP contribution in [0, 0.1) is 0 Å². The monoisotopic (exact) mass is 485 g/mol. The molecule has 0 unspecified atom stereocenters. The number of halogens is 2. The third-order valence-electron chi connectivity index (χ3n) is 4.57. The summed E-state index contributed by atoms with van der Waals surface area (Å²) in [6, 6.07) is 12.7. The summed E-state index contributed by atoms with van der Waals surface area (Å²) in [7, 11) is -3.85. The Balaban J connectivity index is 2.39. The molecule has 1 N–H and O–H groups in total. The molecule has 2 aromatic rings. The summed E-state index contributed by atoms with van der Waals surface area (Å²) in [5, 5.41) is 3.13. The molecule has 0 spiro atoms. The van der Waals surface area contributed by atoms with E-state index in [0.717, 1.165) is 16.1 Å². The van der Waals surface area contributed by atoms with Gasteiger partial charge in [0.1, 0.15) is 12.6 Å². The molecule has 2 rings (SSSR count). The molecular weight excluding hydrogens is 461 g/mol. The lowest BCUT2D eigenvalue weighted by molar-refractivity contribution is -0.139. The van der Waals surface area contributed by atoms with Crippen molar-refractivity contribution in [3.63, 3.8) is 0 Å². The maximum absolute atomic E-state index is 13.3. The van der Waals surface area contributed by atoms with E-state index in [9.17, 15) is 18.0 Å². The molecule has 0 aromatic heterocycles. The molecule has 0 saturated carbocycles. The summed E-state index contributed by atoms with van der Waals surface area (Å²) < 4.78 is 25.9. The molecule has 0 aliphatic rings. The first-order valence-corrected chi connectivity index (χ1v) is 12.2. The van der Waals surface area contributed by atoms with Crippen LogP contribution in [0.2, 0.25) is 10.0 Å². The summed E-state index contributed by atoms with van der Waals surface area (Å²) in [6.45, 7) is 3.42. The minimum Gasteiger partial charge on any atom is -0.355 e. The number of sulfonamides is 1. The van der Waals surface area contributed by atoms with E-state index in [4.69, 9.17) is 23.2 Å². The molecular formula is C21H25Cl2N3O4S. The Bertz CT molecular complexity index is 1030. The molecule has 0 aliphatic carbocycles. The number of rotatable bonds is 9. The second kappa shape index (κ2) is 10.8. The van der Waals surface area contributed by atoms with E-state index in [1.165, 1.54) is 23.1 Å². The molecule has 168 valence electrons. The van der Waals surface area contributed by atoms with Crippen molar-refractivity contribution < 1.29 is 18.0 Å². The highest BCUT2D eigenvalue weighted by molar-refractivity contribution is 7.92. The fourth-order valence-electron chi connectivity index (χ4n) is 2.96. The average Bonchev–Trinajstić information content (AvgIpc) is 2.70. The van der Waals surface area contributed by atoms with Gasteiger partial charge in [0.05, 0.1) is 17.0 Å². The maximum Gasteiger partial charge on any atom is 0.244 e. The molecule has 0 aliphatic heterocycles. The van der Waals surface area contributed by atoms with Crippen molar-refractivity contribution >= 4 is 50.7 Å². The molecule has 0 radical (unpaired) electrons. The van der Waals surface area contributed by atoms with Crippen LogP contribution >= 0.6 is 23.2 Å². The minimum atomic E-state index is -3.85. The van der Waals surface area contributed by atoms with Crippen molar-refractivity contribution in [1.82, 2.24) is 10.2 Å². The summed E-state index contributed by atoms with van der Waals surface area (Å²) in [5.74, 6) is -0.874. The average molecular weight is 486 g/mol. The van der Waals surface area contributed by atoms with Gasteiger partial charge in [0.2, 0.25) is 21.8 Å². The van der Waals surface area contributed by atoms with E-state index in [2.05, 4.69) is 5.32 Å². The van der Waals surface area contributed by atoms with Crippen LogP contribution in [0.15, 0.2) is 48.5 Å². The predicted octanol–water partition coefficient (Wildman–Crippen LogP) is 3.31. The van der Waals surface area contributed by atoms with Crippen molar-refractivity contribution in [3.8, 4) is 0 Å². The number of amides is 2. The first-order chi connectivity index (χ1) is 14.5. The van der Waals surface area contributed by atoms with Gasteiger partial charge in [-0.2, -0.15) is 0 Å². The molecule has 0 fully saturated rings. The highest BCUT2D eigenvalue weighted by Crippen LogP contribution is 2.30. The quantitative estimate of drug-likeness (QED) is 0.589. The molecule has 10 heteroatoms. The third-order valence-corrected chi connectivity index (χ3v) is 6.24. The van der Waals surface area contributed by atoms with Crippen molar-refractivity contribution in [3.05, 3.63) is 64.1 Å². The molecule has 2 aromatic carbocycles. The van der Waals surface area contributed by atoms with Crippen LogP contribution in [-0.2, 0) is 26.2 Å². The van der Waals surface area contributed by atoms with Crippen molar-refractivity contribution in [1.29, 1.82) is 0 Å². The second-order valence-electron chi connectivity index (χ2n) is 6.94. The van der Waals surface area contributed by atoms with Crippen LogP contribution in [0.4, 0.5) is 5.69 Å². The topological polar surface area (TPSA) is 86.8 Å². The van der Waals surface area contributed by atoms with E-state index >= 15 is 0 Å². The van der Waals surface area contributed by atoms with Gasteiger partial charge >= 0.3 is 0 Å². The van der Waals surface area contributed by atoms with Gasteiger partial charge in [-0.1, -0.05) is 53.5 Å². The molecule has 7 nitrogen and oxygen atoms in total. The first kappa shape index (κ1) is 25.0. The van der Waals surface area contributed by atoms with Crippen LogP contribution in [0.5, 0.6) is 0 Å². The largest absolute Gasteiger partial charge is 0.355 e. The molecule has 0 bridgehead atoms. The van der Waals surface area contributed by atoms with Gasteiger partial charge in [-0.3, -0.25) is 13.9 Å². The van der Waals surface area contributed by atoms with Gasteiger partial charge < -0.3 is 10.2 Å². The van der Waals surface area contributed by atoms with Crippen LogP contribution in [-0.4, -0.2) is 50.5 Å². The Morgan fingerprint density at radius 1 is 1.10 bits per heavy atom. The van der Waals surface area contributed by atoms with Gasteiger partial charge in [-0.25, -0.2) is 8.42 Å². The summed E-state index contributed by atoms with van der Waals surface area (Å²) in [5.41, 5.74) is 0.940. The molecule has 31 heavy (non-hydrogen) atoms. The van der Waals surface area contributed by atoms with E-state index in [-0.39, 0.29) is 23.2 Å². The highest BCUT2D eigenvalue weighted by atomic mass is 35.5. The number of likely N-dealkylation sites (N-methyl/N-ethyl adjacent to an activating group) is 1. The van der Waals surface area contributed by atoms with E-state index in [1.807, 2.05) is 30.3 Å². The zero-order valence-corrected chi connectivity index (χ0v) is 19.8. The smallest absolute Gasteiger partial charge is 0.244 e. The predicted molar refractivity (Wildman–Crippen MR) is 124 cm³/mol. The maximum atomic E-state index is 13.3. The SMILES string of the molecule is CCNC(=O)[C@H](C)N(Cc1ccccc1)C(=O)CN(c1ccc(Cl)cc1Cl)S(C)(=O)=O. The molecule has 0 saturated heterocycles. The van der Waals surface area contributed by atoms with Gasteiger partial charge in [0.15, 0.2) is 0 Å². The number of hydrogen-bond acceptors (Lipinski definition) is 4. The number of nitrogens with one attached hydrogen (secondary N) is 1. The van der Waals surface area contributed by atoms with Gasteiger partial charge in [-0.15, -0.1) is 0 Å². The van der Waals surface area contributed by atoms with E-state index in [1.54, 1.807) is 13.8 Å². The van der Waals surface area contributed by atoms with Gasteiger partial charge in [-0.05, 0) is 37.6 Å². The van der Waals surface area contributed by atoms with E-state index < -0.39 is 28.5 Å². The fraction of sp³-hybridized carbons (Fsp3) is 0.333. The number of nitrogens with zero attached hydrogens (tertiary/aromatic N) is 2. The van der Waals surface area contributed by atoms with Crippen LogP contribution in [0.1, 0.15) is 19.4 Å². The normalized spacial score (nSPS) is 12.2. The highest BCUT2D eigenvalue weighted by Gasteiger charge is 2.30. The lowest BCUT2D eigenvalue weighted by atomic mass is 10.1. The Morgan fingerprint density at radius 2 is 1.74 bits per heavy atom. The lowest BCUT2D eigenvalue weighted by Gasteiger charge is -2.31. The summed E-state index contributed by atoms with van der Waals surface area (Å²) in [4.78, 5) is 27.1. The van der Waals surface area contributed by atoms with Crippen LogP contribution < -0.4 is 9.62 Å². The lowest BCUT2D eigenvalue weighted by Crippen LogP contribution is -2.51. The third kappa shape index (κ3) is 6.85. The standard InChI is InChI=1S/C21H25Cl2N3O4S/c1-4-24-21(28)15(2)25(13-16-8-6-5-7-9-16)20(27)14-26(31(3,29)30)19-11-10-17(22)12-18(19)23/h5-12,15H,4,13-14H2,1-3H3,(H,24,28)/t15-/m0/s1. The Kier molecular flexibility index (Phi) is 8.73. The minimum absolute atomic E-state index is 0.0945. The number of carbonyl (C=O) groups is 2. The second-order valence-corrected chi connectivity index (χ2v) is 9.69. The van der Waals surface area contributed by atoms with Gasteiger partial charge in [0, 0.05) is 18.1 Å². The Labute approximate surface area is 193 Å². The van der Waals surface area contributed by atoms with Crippen molar-refractivity contribution in [2.75, 3.05) is 23.7 Å². The molecule has 0 heterocycles. The van der Waals surface area contributed by atoms with Crippen LogP contribution in [0.25, 0.3) is 0 Å². The van der Waals surface area contributed by atoms with Crippen molar-refractivity contribution in [2.45, 2.75) is 26.4 Å².